The molecule has 1 aliphatic carbocycles. The minimum Gasteiger partial charge on any atom is -0.447 e. The first-order valence-electron chi connectivity index (χ1n) is 13.2. The van der Waals surface area contributed by atoms with Crippen molar-refractivity contribution in [3.8, 4) is 17.5 Å². The highest BCUT2D eigenvalue weighted by Gasteiger charge is 2.31. The number of aliphatic hydroxyl groups is 1. The fraction of sp³-hybridized carbons (Fsp3) is 0.464. The Hall–Kier alpha value is -4.24. The number of aromatic nitrogens is 3. The summed E-state index contributed by atoms with van der Waals surface area (Å²) in [6, 6.07) is 9.22. The van der Waals surface area contributed by atoms with Crippen molar-refractivity contribution in [2.45, 2.75) is 64.5 Å². The summed E-state index contributed by atoms with van der Waals surface area (Å²) in [7, 11) is 0. The van der Waals surface area contributed by atoms with Crippen molar-refractivity contribution in [2.75, 3.05) is 18.4 Å². The standard InChI is InChI=1S/C28H34FN7O4/c1-16(2)40-27(38)33-12-17-7-19(8-17)35-22-10-23(24-6-5-20-9-18(11-30)13-34-36(20)24)31-14-21(22)26(37)32-15-25(29)28(3,4)39/h5-6,9-10,13-14,16-17,19,25,39H,7-8,12,15H2,1-4H3,(H,31,35)(H,32,37)(H,33,38)/t17?,19?,25-/m1/s1. The Balaban J connectivity index is 1.52. The van der Waals surface area contributed by atoms with Crippen molar-refractivity contribution < 1.29 is 23.8 Å². The quantitative estimate of drug-likeness (QED) is 0.299. The smallest absolute Gasteiger partial charge is 0.407 e. The Morgan fingerprint density at radius 1 is 1.25 bits per heavy atom. The predicted molar refractivity (Wildman–Crippen MR) is 146 cm³/mol. The van der Waals surface area contributed by atoms with Gasteiger partial charge in [0.2, 0.25) is 0 Å². The van der Waals surface area contributed by atoms with E-state index >= 15 is 0 Å². The SMILES string of the molecule is CC(C)OC(=O)NCC1CC(Nc2cc(-c3ccc4cc(C#N)cnn34)ncc2C(=O)NC[C@@H](F)C(C)(C)O)C1. The van der Waals surface area contributed by atoms with Gasteiger partial charge in [-0.25, -0.2) is 13.7 Å². The van der Waals surface area contributed by atoms with E-state index in [1.54, 1.807) is 30.5 Å². The third-order valence-corrected chi connectivity index (χ3v) is 6.72. The lowest BCUT2D eigenvalue weighted by Gasteiger charge is -2.37. The van der Waals surface area contributed by atoms with Gasteiger partial charge in [-0.1, -0.05) is 0 Å². The van der Waals surface area contributed by atoms with E-state index in [-0.39, 0.29) is 30.2 Å². The van der Waals surface area contributed by atoms with Crippen LogP contribution >= 0.6 is 0 Å². The van der Waals surface area contributed by atoms with Crippen LogP contribution in [0.5, 0.6) is 0 Å². The molecule has 1 saturated carbocycles. The Bertz CT molecular complexity index is 1420. The zero-order chi connectivity index (χ0) is 29.0. The largest absolute Gasteiger partial charge is 0.447 e. The molecule has 0 radical (unpaired) electrons. The highest BCUT2D eigenvalue weighted by molar-refractivity contribution is 6.00. The summed E-state index contributed by atoms with van der Waals surface area (Å²) in [4.78, 5) is 29.3. The lowest BCUT2D eigenvalue weighted by Crippen LogP contribution is -2.43. The number of nitrogens with one attached hydrogen (secondary N) is 3. The van der Waals surface area contributed by atoms with Crippen LogP contribution in [0.3, 0.4) is 0 Å². The Morgan fingerprint density at radius 2 is 2.00 bits per heavy atom. The number of anilines is 1. The van der Waals surface area contributed by atoms with E-state index in [1.165, 1.54) is 26.2 Å². The first kappa shape index (κ1) is 28.8. The molecule has 3 aromatic rings. The predicted octanol–water partition coefficient (Wildman–Crippen LogP) is 3.43. The third kappa shape index (κ3) is 6.84. The summed E-state index contributed by atoms with van der Waals surface area (Å²) in [6.07, 6.45) is 2.12. The van der Waals surface area contributed by atoms with E-state index < -0.39 is 23.8 Å². The van der Waals surface area contributed by atoms with E-state index in [4.69, 9.17) is 10.00 Å². The van der Waals surface area contributed by atoms with Crippen LogP contribution in [0.15, 0.2) is 36.7 Å². The topological polar surface area (TPSA) is 154 Å². The molecule has 11 nitrogen and oxygen atoms in total. The van der Waals surface area contributed by atoms with Gasteiger partial charge in [0, 0.05) is 18.8 Å². The Morgan fingerprint density at radius 3 is 2.67 bits per heavy atom. The lowest BCUT2D eigenvalue weighted by atomic mass is 9.80. The minimum absolute atomic E-state index is 0.0420. The van der Waals surface area contributed by atoms with Gasteiger partial charge in [-0.05, 0) is 70.7 Å². The van der Waals surface area contributed by atoms with E-state index in [0.29, 0.717) is 29.2 Å². The normalized spacial score (nSPS) is 17.6. The molecule has 3 aromatic heterocycles. The molecular weight excluding hydrogens is 517 g/mol. The third-order valence-electron chi connectivity index (χ3n) is 6.72. The second-order valence-corrected chi connectivity index (χ2v) is 10.9. The summed E-state index contributed by atoms with van der Waals surface area (Å²) in [5, 5.41) is 32.1. The van der Waals surface area contributed by atoms with Crippen LogP contribution < -0.4 is 16.0 Å². The number of hydrogen-bond donors (Lipinski definition) is 4. The number of hydrogen-bond acceptors (Lipinski definition) is 8. The van der Waals surface area contributed by atoms with Crippen molar-refractivity contribution in [1.29, 1.82) is 5.26 Å². The van der Waals surface area contributed by atoms with Crippen LogP contribution in [0.4, 0.5) is 14.9 Å². The summed E-state index contributed by atoms with van der Waals surface area (Å²) < 4.78 is 21.1. The second-order valence-electron chi connectivity index (χ2n) is 10.9. The molecule has 1 fully saturated rings. The number of rotatable bonds is 10. The fourth-order valence-corrected chi connectivity index (χ4v) is 4.40. The summed E-state index contributed by atoms with van der Waals surface area (Å²) >= 11 is 0. The first-order valence-corrected chi connectivity index (χ1v) is 13.2. The molecule has 4 rings (SSSR count). The van der Waals surface area contributed by atoms with Crippen LogP contribution in [0.2, 0.25) is 0 Å². The molecule has 40 heavy (non-hydrogen) atoms. The molecule has 0 aromatic carbocycles. The summed E-state index contributed by atoms with van der Waals surface area (Å²) in [5.41, 5.74) is 1.52. The average molecular weight is 552 g/mol. The summed E-state index contributed by atoms with van der Waals surface area (Å²) in [6.45, 7) is 6.38. The Labute approximate surface area is 231 Å². The molecule has 0 aliphatic heterocycles. The van der Waals surface area contributed by atoms with E-state index in [1.807, 2.05) is 12.1 Å². The van der Waals surface area contributed by atoms with E-state index in [2.05, 4.69) is 32.1 Å². The molecule has 212 valence electrons. The molecule has 0 bridgehead atoms. The highest BCUT2D eigenvalue weighted by Crippen LogP contribution is 2.32. The van der Waals surface area contributed by atoms with E-state index in [9.17, 15) is 19.1 Å². The Kier molecular flexibility index (Phi) is 8.54. The van der Waals surface area contributed by atoms with Gasteiger partial charge in [0.15, 0.2) is 0 Å². The van der Waals surface area contributed by atoms with Crippen LogP contribution in [0.1, 0.15) is 56.5 Å². The van der Waals surface area contributed by atoms with Gasteiger partial charge in [0.25, 0.3) is 5.91 Å². The van der Waals surface area contributed by atoms with Gasteiger partial charge in [0.1, 0.15) is 12.2 Å². The number of halogens is 1. The lowest BCUT2D eigenvalue weighted by molar-refractivity contribution is -0.00178. The monoisotopic (exact) mass is 551 g/mol. The molecule has 0 spiro atoms. The van der Waals surface area contributed by atoms with Crippen LogP contribution in [-0.2, 0) is 4.74 Å². The van der Waals surface area contributed by atoms with Crippen molar-refractivity contribution in [2.24, 2.45) is 5.92 Å². The second kappa shape index (κ2) is 11.9. The molecule has 3 heterocycles. The number of carbonyl (C=O) groups excluding carboxylic acids is 2. The highest BCUT2D eigenvalue weighted by atomic mass is 19.1. The van der Waals surface area contributed by atoms with Gasteiger partial charge in [-0.15, -0.1) is 0 Å². The van der Waals surface area contributed by atoms with Crippen LogP contribution in [0.25, 0.3) is 16.9 Å². The number of amides is 2. The minimum atomic E-state index is -1.65. The van der Waals surface area contributed by atoms with Gasteiger partial charge >= 0.3 is 6.09 Å². The molecule has 2 amide bonds. The number of nitriles is 1. The number of carbonyl (C=O) groups is 2. The maximum atomic E-state index is 14.3. The molecule has 0 saturated heterocycles. The number of ether oxygens (including phenoxy) is 1. The maximum absolute atomic E-state index is 14.3. The number of alkyl halides is 1. The maximum Gasteiger partial charge on any atom is 0.407 e. The van der Waals surface area contributed by atoms with Gasteiger partial charge in [-0.3, -0.25) is 9.78 Å². The van der Waals surface area contributed by atoms with Crippen LogP contribution in [0, 0.1) is 17.2 Å². The number of fused-ring (bicyclic) bond motifs is 1. The molecule has 1 aliphatic rings. The van der Waals surface area contributed by atoms with Gasteiger partial charge < -0.3 is 25.8 Å². The van der Waals surface area contributed by atoms with E-state index in [0.717, 1.165) is 18.4 Å². The molecule has 0 unspecified atom stereocenters. The number of pyridine rings is 1. The number of alkyl carbamates (subject to hydrolysis) is 1. The number of nitrogens with zero attached hydrogens (tertiary/aromatic N) is 4. The van der Waals surface area contributed by atoms with Crippen molar-refractivity contribution in [3.63, 3.8) is 0 Å². The van der Waals surface area contributed by atoms with Crippen molar-refractivity contribution in [1.82, 2.24) is 25.2 Å². The van der Waals surface area contributed by atoms with Crippen LogP contribution in [-0.4, -0.2) is 68.7 Å². The van der Waals surface area contributed by atoms with Gasteiger partial charge in [-0.2, -0.15) is 10.4 Å². The summed E-state index contributed by atoms with van der Waals surface area (Å²) in [5.74, 6) is -0.276. The molecule has 1 atom stereocenters. The zero-order valence-corrected chi connectivity index (χ0v) is 22.9. The van der Waals surface area contributed by atoms with Gasteiger partial charge in [0.05, 0.1) is 58.2 Å². The first-order chi connectivity index (χ1) is 18.9. The fourth-order valence-electron chi connectivity index (χ4n) is 4.40. The zero-order valence-electron chi connectivity index (χ0n) is 22.9. The molecule has 12 heteroatoms. The van der Waals surface area contributed by atoms with Crippen molar-refractivity contribution in [3.05, 3.63) is 47.8 Å². The average Bonchev–Trinajstić information content (AvgIpc) is 3.30. The molecule has 4 N–H and O–H groups in total. The van der Waals surface area contributed by atoms with Crippen molar-refractivity contribution >= 4 is 23.2 Å². The molecular formula is C28H34FN7O4.